The zero-order chi connectivity index (χ0) is 7.54. The largest absolute Gasteiger partial charge is 0.396 e. The van der Waals surface area contributed by atoms with E-state index in [1.807, 2.05) is 6.08 Å². The van der Waals surface area contributed by atoms with Gasteiger partial charge in [-0.05, 0) is 12.8 Å². The lowest BCUT2D eigenvalue weighted by Gasteiger charge is -1.73. The first-order valence-corrected chi connectivity index (χ1v) is 3.16. The molecule has 0 aliphatic carbocycles. The van der Waals surface area contributed by atoms with E-state index in [1.165, 1.54) is 0 Å². The predicted octanol–water partition coefficient (Wildman–Crippen LogP) is 2.14. The third kappa shape index (κ3) is 37.0. The highest BCUT2D eigenvalue weighted by atomic mass is 16.2. The molecule has 0 aromatic rings. The van der Waals surface area contributed by atoms with E-state index in [1.54, 1.807) is 6.08 Å². The van der Waals surface area contributed by atoms with Crippen LogP contribution < -0.4 is 0 Å². The third-order valence-corrected chi connectivity index (χ3v) is 0.622. The molecule has 0 spiro atoms. The van der Waals surface area contributed by atoms with E-state index in [2.05, 4.69) is 20.1 Å². The highest BCUT2D eigenvalue weighted by Gasteiger charge is 1.62. The number of hydrogen-bond acceptors (Lipinski definition) is 1. The van der Waals surface area contributed by atoms with Crippen LogP contribution in [0.5, 0.6) is 0 Å². The molecule has 0 bridgehead atoms. The molecule has 1 heteroatoms. The number of aliphatic hydroxyl groups excluding tert-OH is 1. The monoisotopic (exact) mass is 128 g/mol. The molecule has 0 aliphatic heterocycles. The Labute approximate surface area is 57.7 Å². The van der Waals surface area contributed by atoms with Gasteiger partial charge in [0.2, 0.25) is 0 Å². The van der Waals surface area contributed by atoms with Gasteiger partial charge in [0.15, 0.2) is 0 Å². The van der Waals surface area contributed by atoms with Crippen molar-refractivity contribution >= 4 is 0 Å². The SMILES string of the molecule is C=CCC.C=CCCO. The van der Waals surface area contributed by atoms with Gasteiger partial charge < -0.3 is 5.11 Å². The van der Waals surface area contributed by atoms with Gasteiger partial charge in [-0.15, -0.1) is 13.2 Å². The molecule has 0 fully saturated rings. The lowest BCUT2D eigenvalue weighted by atomic mass is 10.5. The Morgan fingerprint density at radius 3 is 1.78 bits per heavy atom. The summed E-state index contributed by atoms with van der Waals surface area (Å²) >= 11 is 0. The van der Waals surface area contributed by atoms with Crippen LogP contribution in [0.1, 0.15) is 19.8 Å². The Balaban J connectivity index is 0. The minimum atomic E-state index is 0.226. The molecule has 1 N–H and O–H groups in total. The summed E-state index contributed by atoms with van der Waals surface area (Å²) in [4.78, 5) is 0. The lowest BCUT2D eigenvalue weighted by Crippen LogP contribution is -1.71. The highest BCUT2D eigenvalue weighted by Crippen LogP contribution is 1.69. The normalized spacial score (nSPS) is 6.89. The van der Waals surface area contributed by atoms with Gasteiger partial charge in [0, 0.05) is 6.61 Å². The van der Waals surface area contributed by atoms with Gasteiger partial charge in [-0.2, -0.15) is 0 Å². The summed E-state index contributed by atoms with van der Waals surface area (Å²) in [6.45, 7) is 9.16. The average Bonchev–Trinajstić information content (AvgIpc) is 1.91. The topological polar surface area (TPSA) is 20.2 Å². The van der Waals surface area contributed by atoms with E-state index in [0.29, 0.717) is 6.42 Å². The maximum atomic E-state index is 8.00. The minimum Gasteiger partial charge on any atom is -0.396 e. The van der Waals surface area contributed by atoms with E-state index >= 15 is 0 Å². The molecular weight excluding hydrogens is 112 g/mol. The van der Waals surface area contributed by atoms with Crippen molar-refractivity contribution in [2.45, 2.75) is 19.8 Å². The van der Waals surface area contributed by atoms with Gasteiger partial charge in [0.05, 0.1) is 0 Å². The van der Waals surface area contributed by atoms with Gasteiger partial charge in [0.25, 0.3) is 0 Å². The molecule has 0 unspecified atom stereocenters. The smallest absolute Gasteiger partial charge is 0.0465 e. The van der Waals surface area contributed by atoms with E-state index in [4.69, 9.17) is 5.11 Å². The van der Waals surface area contributed by atoms with Crippen molar-refractivity contribution in [2.24, 2.45) is 0 Å². The van der Waals surface area contributed by atoms with Gasteiger partial charge in [-0.1, -0.05) is 19.1 Å². The average molecular weight is 128 g/mol. The van der Waals surface area contributed by atoms with Crippen LogP contribution in [0.2, 0.25) is 0 Å². The third-order valence-electron chi connectivity index (χ3n) is 0.622. The number of rotatable bonds is 3. The Morgan fingerprint density at radius 1 is 1.33 bits per heavy atom. The van der Waals surface area contributed by atoms with Gasteiger partial charge in [-0.25, -0.2) is 0 Å². The second kappa shape index (κ2) is 15.7. The van der Waals surface area contributed by atoms with Crippen molar-refractivity contribution in [3.8, 4) is 0 Å². The van der Waals surface area contributed by atoms with Crippen molar-refractivity contribution < 1.29 is 5.11 Å². The van der Waals surface area contributed by atoms with Gasteiger partial charge in [-0.3, -0.25) is 0 Å². The summed E-state index contributed by atoms with van der Waals surface area (Å²) in [5, 5.41) is 8.00. The molecule has 9 heavy (non-hydrogen) atoms. The highest BCUT2D eigenvalue weighted by molar-refractivity contribution is 4.63. The van der Waals surface area contributed by atoms with Crippen molar-refractivity contribution in [2.75, 3.05) is 6.61 Å². The first-order valence-electron chi connectivity index (χ1n) is 3.16. The first kappa shape index (κ1) is 11.3. The molecule has 0 aromatic heterocycles. The van der Waals surface area contributed by atoms with Crippen molar-refractivity contribution in [3.63, 3.8) is 0 Å². The van der Waals surface area contributed by atoms with Crippen LogP contribution in [0.3, 0.4) is 0 Å². The summed E-state index contributed by atoms with van der Waals surface area (Å²) in [7, 11) is 0. The van der Waals surface area contributed by atoms with Crippen molar-refractivity contribution in [1.82, 2.24) is 0 Å². The van der Waals surface area contributed by atoms with E-state index in [-0.39, 0.29) is 6.61 Å². The van der Waals surface area contributed by atoms with E-state index < -0.39 is 0 Å². The zero-order valence-corrected chi connectivity index (χ0v) is 6.14. The fraction of sp³-hybridized carbons (Fsp3) is 0.500. The summed E-state index contributed by atoms with van der Waals surface area (Å²) in [6, 6.07) is 0. The lowest BCUT2D eigenvalue weighted by molar-refractivity contribution is 0.303. The first-order chi connectivity index (χ1) is 4.33. The molecule has 0 aliphatic rings. The van der Waals surface area contributed by atoms with Crippen LogP contribution in [0, 0.1) is 0 Å². The predicted molar refractivity (Wildman–Crippen MR) is 42.4 cm³/mol. The van der Waals surface area contributed by atoms with Crippen LogP contribution in [-0.2, 0) is 0 Å². The summed E-state index contributed by atoms with van der Waals surface area (Å²) in [5.41, 5.74) is 0. The van der Waals surface area contributed by atoms with Crippen molar-refractivity contribution in [1.29, 1.82) is 0 Å². The molecule has 0 aromatic carbocycles. The molecular formula is C8H16O. The second-order valence-electron chi connectivity index (χ2n) is 1.50. The zero-order valence-electron chi connectivity index (χ0n) is 6.14. The van der Waals surface area contributed by atoms with Crippen molar-refractivity contribution in [3.05, 3.63) is 25.3 Å². The molecule has 0 saturated carbocycles. The maximum Gasteiger partial charge on any atom is 0.0465 e. The van der Waals surface area contributed by atoms with Gasteiger partial charge >= 0.3 is 0 Å². The van der Waals surface area contributed by atoms with Gasteiger partial charge in [0.1, 0.15) is 0 Å². The second-order valence-corrected chi connectivity index (χ2v) is 1.50. The summed E-state index contributed by atoms with van der Waals surface area (Å²) in [5.74, 6) is 0. The summed E-state index contributed by atoms with van der Waals surface area (Å²) in [6.07, 6.45) is 5.35. The Bertz CT molecular complexity index is 57.6. The van der Waals surface area contributed by atoms with Crippen LogP contribution in [-0.4, -0.2) is 11.7 Å². The standard InChI is InChI=1S/C4H8O.C4H8/c1-2-3-4-5;1-3-4-2/h2,5H,1,3-4H2;3H,1,4H2,2H3. The minimum absolute atomic E-state index is 0.226. The Morgan fingerprint density at radius 2 is 1.78 bits per heavy atom. The number of allylic oxidation sites excluding steroid dienone is 1. The Hall–Kier alpha value is -0.560. The quantitative estimate of drug-likeness (QED) is 0.577. The van der Waals surface area contributed by atoms with Crippen LogP contribution in [0.25, 0.3) is 0 Å². The molecule has 0 rings (SSSR count). The molecule has 0 heterocycles. The molecule has 0 saturated heterocycles. The fourth-order valence-corrected chi connectivity index (χ4v) is 0.0913. The molecule has 0 radical (unpaired) electrons. The van der Waals surface area contributed by atoms with E-state index in [0.717, 1.165) is 6.42 Å². The number of hydrogen-bond donors (Lipinski definition) is 1. The summed E-state index contributed by atoms with van der Waals surface area (Å²) < 4.78 is 0. The van der Waals surface area contributed by atoms with Crippen LogP contribution >= 0.6 is 0 Å². The van der Waals surface area contributed by atoms with E-state index in [9.17, 15) is 0 Å². The molecule has 0 amide bonds. The fourth-order valence-electron chi connectivity index (χ4n) is 0.0913. The Kier molecular flexibility index (Phi) is 19.6. The molecule has 0 atom stereocenters. The molecule has 54 valence electrons. The number of aliphatic hydroxyl groups is 1. The van der Waals surface area contributed by atoms with Crippen LogP contribution in [0.4, 0.5) is 0 Å². The maximum absolute atomic E-state index is 8.00. The van der Waals surface area contributed by atoms with Crippen LogP contribution in [0.15, 0.2) is 25.3 Å². The molecule has 1 nitrogen and oxygen atoms in total.